The van der Waals surface area contributed by atoms with E-state index in [2.05, 4.69) is 4.90 Å². The van der Waals surface area contributed by atoms with E-state index < -0.39 is 0 Å². The summed E-state index contributed by atoms with van der Waals surface area (Å²) in [4.78, 5) is 16.9. The van der Waals surface area contributed by atoms with Gasteiger partial charge in [-0.1, -0.05) is 25.7 Å². The monoisotopic (exact) mass is 267 g/mol. The highest BCUT2D eigenvalue weighted by molar-refractivity contribution is 5.75. The topological polar surface area (TPSA) is 49.6 Å². The minimum atomic E-state index is 0.276. The van der Waals surface area contributed by atoms with Crippen LogP contribution < -0.4 is 5.73 Å². The summed E-state index contributed by atoms with van der Waals surface area (Å²) in [6.45, 7) is 3.42. The summed E-state index contributed by atoms with van der Waals surface area (Å²) in [6.07, 6.45) is 10.8. The van der Waals surface area contributed by atoms with Crippen LogP contribution in [0.25, 0.3) is 0 Å². The molecule has 0 radical (unpaired) electrons. The quantitative estimate of drug-likeness (QED) is 0.796. The van der Waals surface area contributed by atoms with Gasteiger partial charge in [0.1, 0.15) is 0 Å². The number of amides is 2. The van der Waals surface area contributed by atoms with Crippen LogP contribution in [0.15, 0.2) is 0 Å². The minimum absolute atomic E-state index is 0.276. The first-order valence-corrected chi connectivity index (χ1v) is 8.08. The van der Waals surface area contributed by atoms with E-state index in [1.807, 2.05) is 4.90 Å². The Morgan fingerprint density at radius 1 is 1.05 bits per heavy atom. The molecule has 2 aliphatic rings. The molecule has 0 aromatic heterocycles. The largest absolute Gasteiger partial charge is 0.330 e. The van der Waals surface area contributed by atoms with E-state index in [1.54, 1.807) is 0 Å². The van der Waals surface area contributed by atoms with Crippen LogP contribution in [0.4, 0.5) is 4.79 Å². The number of carbonyl (C=O) groups excluding carboxylic acids is 1. The Bertz CT molecular complexity index is 269. The van der Waals surface area contributed by atoms with Crippen molar-refractivity contribution in [3.8, 4) is 0 Å². The highest BCUT2D eigenvalue weighted by Gasteiger charge is 2.29. The first kappa shape index (κ1) is 14.6. The van der Waals surface area contributed by atoms with Crippen molar-refractivity contribution in [1.82, 2.24) is 9.80 Å². The van der Waals surface area contributed by atoms with Crippen LogP contribution in [0.5, 0.6) is 0 Å². The maximum absolute atomic E-state index is 12.7. The molecule has 1 saturated carbocycles. The Kier molecular flexibility index (Phi) is 5.95. The minimum Gasteiger partial charge on any atom is -0.330 e. The van der Waals surface area contributed by atoms with Gasteiger partial charge in [0.05, 0.1) is 0 Å². The maximum Gasteiger partial charge on any atom is 0.320 e. The Morgan fingerprint density at radius 3 is 2.26 bits per heavy atom. The molecule has 4 heteroatoms. The molecule has 2 amide bonds. The Hall–Kier alpha value is -0.770. The lowest BCUT2D eigenvalue weighted by Gasteiger charge is -2.34. The third-order valence-corrected chi connectivity index (χ3v) is 4.49. The van der Waals surface area contributed by atoms with Crippen LogP contribution >= 0.6 is 0 Å². The van der Waals surface area contributed by atoms with Crippen molar-refractivity contribution in [2.45, 2.75) is 63.8 Å². The van der Waals surface area contributed by atoms with Gasteiger partial charge in [0.25, 0.3) is 0 Å². The van der Waals surface area contributed by atoms with Gasteiger partial charge >= 0.3 is 6.03 Å². The summed E-state index contributed by atoms with van der Waals surface area (Å²) in [7, 11) is 0. The van der Waals surface area contributed by atoms with E-state index >= 15 is 0 Å². The second-order valence-electron chi connectivity index (χ2n) is 5.96. The number of nitrogens with two attached hydrogens (primary N) is 1. The summed E-state index contributed by atoms with van der Waals surface area (Å²) in [5.41, 5.74) is 5.64. The Balaban J connectivity index is 1.98. The van der Waals surface area contributed by atoms with Crippen molar-refractivity contribution >= 4 is 6.03 Å². The lowest BCUT2D eigenvalue weighted by Crippen LogP contribution is -2.48. The van der Waals surface area contributed by atoms with E-state index in [-0.39, 0.29) is 6.03 Å². The Labute approximate surface area is 117 Å². The molecule has 19 heavy (non-hydrogen) atoms. The number of likely N-dealkylation sites (tertiary alicyclic amines) is 1. The number of nitrogens with zero attached hydrogens (tertiary/aromatic N) is 2. The molecule has 2 fully saturated rings. The van der Waals surface area contributed by atoms with Gasteiger partial charge in [0.2, 0.25) is 0 Å². The Morgan fingerprint density at radius 2 is 1.68 bits per heavy atom. The zero-order valence-electron chi connectivity index (χ0n) is 12.1. The second-order valence-corrected chi connectivity index (χ2v) is 5.96. The molecule has 2 N–H and O–H groups in total. The molecule has 0 aromatic rings. The van der Waals surface area contributed by atoms with Gasteiger partial charge in [0.15, 0.2) is 0 Å². The number of hydrogen-bond donors (Lipinski definition) is 1. The lowest BCUT2D eigenvalue weighted by molar-refractivity contribution is 0.135. The molecule has 1 aliphatic carbocycles. The van der Waals surface area contributed by atoms with Crippen molar-refractivity contribution in [3.63, 3.8) is 0 Å². The smallest absolute Gasteiger partial charge is 0.320 e. The average molecular weight is 267 g/mol. The molecule has 1 heterocycles. The lowest BCUT2D eigenvalue weighted by atomic mass is 10.1. The molecule has 0 unspecified atom stereocenters. The fraction of sp³-hybridized carbons (Fsp3) is 0.933. The first-order chi connectivity index (χ1) is 9.33. The third-order valence-electron chi connectivity index (χ3n) is 4.49. The van der Waals surface area contributed by atoms with E-state index in [4.69, 9.17) is 5.73 Å². The summed E-state index contributed by atoms with van der Waals surface area (Å²) in [5, 5.41) is 0. The number of urea groups is 1. The van der Waals surface area contributed by atoms with E-state index in [0.717, 1.165) is 26.1 Å². The number of carbonyl (C=O) groups is 1. The van der Waals surface area contributed by atoms with Crippen LogP contribution in [0.3, 0.4) is 0 Å². The van der Waals surface area contributed by atoms with Gasteiger partial charge in [-0.15, -0.1) is 0 Å². The van der Waals surface area contributed by atoms with Gasteiger partial charge in [-0.25, -0.2) is 4.79 Å². The average Bonchev–Trinajstić information content (AvgIpc) is 2.83. The normalized spacial score (nSPS) is 21.4. The summed E-state index contributed by atoms with van der Waals surface area (Å²) in [6, 6.07) is 0.736. The van der Waals surface area contributed by atoms with Crippen LogP contribution in [-0.2, 0) is 0 Å². The predicted octanol–water partition coefficient (Wildman–Crippen LogP) is 2.58. The molecule has 110 valence electrons. The zero-order valence-corrected chi connectivity index (χ0v) is 12.1. The van der Waals surface area contributed by atoms with Crippen molar-refractivity contribution in [1.29, 1.82) is 0 Å². The highest BCUT2D eigenvalue weighted by Crippen LogP contribution is 2.24. The molecule has 4 nitrogen and oxygen atoms in total. The third kappa shape index (κ3) is 4.10. The highest BCUT2D eigenvalue weighted by atomic mass is 16.2. The van der Waals surface area contributed by atoms with Crippen LogP contribution in [0.2, 0.25) is 0 Å². The molecule has 0 bridgehead atoms. The zero-order chi connectivity index (χ0) is 13.5. The van der Waals surface area contributed by atoms with Gasteiger partial charge in [-0.3, -0.25) is 0 Å². The molecule has 1 saturated heterocycles. The van der Waals surface area contributed by atoms with Crippen LogP contribution in [0.1, 0.15) is 57.8 Å². The van der Waals surface area contributed by atoms with Crippen molar-refractivity contribution in [3.05, 3.63) is 0 Å². The van der Waals surface area contributed by atoms with Gasteiger partial charge in [0, 0.05) is 25.7 Å². The van der Waals surface area contributed by atoms with Gasteiger partial charge < -0.3 is 15.5 Å². The van der Waals surface area contributed by atoms with Crippen molar-refractivity contribution in [2.24, 2.45) is 5.73 Å². The number of hydrogen-bond acceptors (Lipinski definition) is 2. The summed E-state index contributed by atoms with van der Waals surface area (Å²) >= 11 is 0. The molecule has 2 rings (SSSR count). The van der Waals surface area contributed by atoms with Gasteiger partial charge in [-0.05, 0) is 38.6 Å². The van der Waals surface area contributed by atoms with Crippen molar-refractivity contribution < 1.29 is 4.79 Å². The van der Waals surface area contributed by atoms with Crippen LogP contribution in [-0.4, -0.2) is 48.1 Å². The fourth-order valence-electron chi connectivity index (χ4n) is 3.36. The maximum atomic E-state index is 12.7. The molecular formula is C15H29N3O. The number of rotatable bonds is 4. The SMILES string of the molecule is NCCCN(C(=O)N1CCCC1)C1CCCCCC1. The molecular weight excluding hydrogens is 238 g/mol. The summed E-state index contributed by atoms with van der Waals surface area (Å²) in [5.74, 6) is 0. The first-order valence-electron chi connectivity index (χ1n) is 8.08. The van der Waals surface area contributed by atoms with E-state index in [1.165, 1.54) is 51.4 Å². The predicted molar refractivity (Wildman–Crippen MR) is 78.1 cm³/mol. The molecule has 0 spiro atoms. The standard InChI is InChI=1S/C15H29N3O/c16-10-7-13-18(14-8-3-1-2-4-9-14)15(19)17-11-5-6-12-17/h14H,1-13,16H2. The molecule has 1 aliphatic heterocycles. The summed E-state index contributed by atoms with van der Waals surface area (Å²) < 4.78 is 0. The fourth-order valence-corrected chi connectivity index (χ4v) is 3.36. The van der Waals surface area contributed by atoms with Crippen LogP contribution in [0, 0.1) is 0 Å². The van der Waals surface area contributed by atoms with Gasteiger partial charge in [-0.2, -0.15) is 0 Å². The van der Waals surface area contributed by atoms with E-state index in [9.17, 15) is 4.79 Å². The second kappa shape index (κ2) is 7.73. The van der Waals surface area contributed by atoms with E-state index in [0.29, 0.717) is 12.6 Å². The van der Waals surface area contributed by atoms with Crippen molar-refractivity contribution in [2.75, 3.05) is 26.2 Å². The molecule has 0 aromatic carbocycles. The molecule has 0 atom stereocenters.